The molecule has 4 nitrogen and oxygen atoms in total. The smallest absolute Gasteiger partial charge is 0.263 e. The van der Waals surface area contributed by atoms with Gasteiger partial charge in [0.1, 0.15) is 0 Å². The van der Waals surface area contributed by atoms with Crippen LogP contribution in [0.4, 0.5) is 13.2 Å². The molecular formula is C23H25F3N2O2. The molecule has 2 aromatic rings. The van der Waals surface area contributed by atoms with Gasteiger partial charge in [-0.05, 0) is 61.5 Å². The monoisotopic (exact) mass is 418 g/mol. The van der Waals surface area contributed by atoms with Crippen molar-refractivity contribution in [2.45, 2.75) is 44.2 Å². The minimum absolute atomic E-state index is 0.0132. The molecule has 2 saturated heterocycles. The number of rotatable bonds is 5. The van der Waals surface area contributed by atoms with Crippen LogP contribution in [0.5, 0.6) is 5.75 Å². The Kier molecular flexibility index (Phi) is 5.99. The number of carbonyl (C=O) groups excluding carboxylic acids is 1. The molecule has 0 spiro atoms. The van der Waals surface area contributed by atoms with Gasteiger partial charge >= 0.3 is 0 Å². The Labute approximate surface area is 173 Å². The highest BCUT2D eigenvalue weighted by molar-refractivity contribution is 5.84. The van der Waals surface area contributed by atoms with Gasteiger partial charge in [0.05, 0.1) is 6.04 Å². The second-order valence-electron chi connectivity index (χ2n) is 8.13. The van der Waals surface area contributed by atoms with Crippen LogP contribution in [0.2, 0.25) is 0 Å². The van der Waals surface area contributed by atoms with Crippen molar-refractivity contribution in [2.24, 2.45) is 0 Å². The molecule has 4 rings (SSSR count). The fraction of sp³-hybridized carbons (Fsp3) is 0.435. The molecule has 0 aromatic heterocycles. The van der Waals surface area contributed by atoms with Crippen LogP contribution in [-0.4, -0.2) is 46.5 Å². The van der Waals surface area contributed by atoms with E-state index in [-0.39, 0.29) is 29.2 Å². The van der Waals surface area contributed by atoms with Gasteiger partial charge in [-0.1, -0.05) is 30.3 Å². The third-order valence-electron chi connectivity index (χ3n) is 6.29. The van der Waals surface area contributed by atoms with Crippen LogP contribution in [-0.2, 0) is 11.3 Å². The highest BCUT2D eigenvalue weighted by Gasteiger charge is 2.37. The molecule has 0 saturated carbocycles. The molecule has 1 amide bonds. The predicted molar refractivity (Wildman–Crippen MR) is 107 cm³/mol. The van der Waals surface area contributed by atoms with Crippen molar-refractivity contribution in [2.75, 3.05) is 19.6 Å². The van der Waals surface area contributed by atoms with Crippen molar-refractivity contribution in [3.63, 3.8) is 0 Å². The molecule has 1 N–H and O–H groups in total. The molecule has 2 aliphatic rings. The number of phenolic OH excluding ortho intramolecular Hbond substituents is 1. The van der Waals surface area contributed by atoms with Crippen LogP contribution >= 0.6 is 0 Å². The number of hydrogen-bond acceptors (Lipinski definition) is 3. The molecule has 30 heavy (non-hydrogen) atoms. The summed E-state index contributed by atoms with van der Waals surface area (Å²) in [7, 11) is 0. The van der Waals surface area contributed by atoms with Gasteiger partial charge < -0.3 is 10.0 Å². The van der Waals surface area contributed by atoms with Gasteiger partial charge in [-0.2, -0.15) is 0 Å². The molecule has 2 aromatic carbocycles. The molecule has 2 fully saturated rings. The number of hydrogen-bond donors (Lipinski definition) is 1. The van der Waals surface area contributed by atoms with Crippen LogP contribution < -0.4 is 0 Å². The summed E-state index contributed by atoms with van der Waals surface area (Å²) in [6, 6.07) is 10.5. The van der Waals surface area contributed by atoms with Gasteiger partial charge in [-0.15, -0.1) is 0 Å². The summed E-state index contributed by atoms with van der Waals surface area (Å²) in [6.45, 7) is 2.62. The first kappa shape index (κ1) is 20.7. The van der Waals surface area contributed by atoms with Gasteiger partial charge in [-0.25, -0.2) is 13.2 Å². The Balaban J connectivity index is 1.32. The van der Waals surface area contributed by atoms with E-state index in [4.69, 9.17) is 0 Å². The molecule has 0 bridgehead atoms. The number of halogens is 3. The van der Waals surface area contributed by atoms with E-state index < -0.39 is 12.2 Å². The first-order valence-corrected chi connectivity index (χ1v) is 10.3. The molecule has 0 aliphatic carbocycles. The lowest BCUT2D eigenvalue weighted by atomic mass is 9.88. The Morgan fingerprint density at radius 2 is 1.70 bits per heavy atom. The van der Waals surface area contributed by atoms with Crippen molar-refractivity contribution in [3.8, 4) is 5.75 Å². The Bertz CT molecular complexity index is 896. The Morgan fingerprint density at radius 3 is 2.33 bits per heavy atom. The van der Waals surface area contributed by atoms with Gasteiger partial charge in [0.15, 0.2) is 11.6 Å². The number of piperidine rings is 1. The number of phenols is 1. The quantitative estimate of drug-likeness (QED) is 0.780. The summed E-state index contributed by atoms with van der Waals surface area (Å²) in [5.74, 6) is -0.630. The van der Waals surface area contributed by atoms with Crippen LogP contribution in [0.1, 0.15) is 48.3 Å². The van der Waals surface area contributed by atoms with Crippen molar-refractivity contribution < 1.29 is 23.1 Å². The normalized spacial score (nSPS) is 21.0. The number of carbonyl (C=O) groups is 1. The fourth-order valence-electron chi connectivity index (χ4n) is 4.53. The summed E-state index contributed by atoms with van der Waals surface area (Å²) in [6.07, 6.45) is -0.0589. The SMILES string of the molecule is O=C1C(N2CCC(c3ccc(O)c(F)c3)CC2)CCN1Cc1ccc(C(F)F)cc1. The molecule has 2 aliphatic heterocycles. The van der Waals surface area contributed by atoms with Crippen LogP contribution in [0.3, 0.4) is 0 Å². The Hall–Kier alpha value is -2.54. The highest BCUT2D eigenvalue weighted by Crippen LogP contribution is 2.32. The largest absolute Gasteiger partial charge is 0.505 e. The topological polar surface area (TPSA) is 43.8 Å². The Morgan fingerprint density at radius 1 is 1.00 bits per heavy atom. The number of alkyl halides is 2. The second kappa shape index (κ2) is 8.68. The standard InChI is InChI=1S/C23H25F3N2O2/c24-19-13-18(5-6-21(19)29)16-7-10-27(11-8-16)20-9-12-28(23(20)30)14-15-1-3-17(4-2-15)22(25)26/h1-6,13,16,20,22,29H,7-12,14H2. The highest BCUT2D eigenvalue weighted by atomic mass is 19.3. The van der Waals surface area contributed by atoms with E-state index in [1.54, 1.807) is 23.1 Å². The fourth-order valence-corrected chi connectivity index (χ4v) is 4.53. The van der Waals surface area contributed by atoms with Crippen molar-refractivity contribution in [1.29, 1.82) is 0 Å². The lowest BCUT2D eigenvalue weighted by molar-refractivity contribution is -0.133. The van der Waals surface area contributed by atoms with Gasteiger partial charge in [-0.3, -0.25) is 9.69 Å². The average Bonchev–Trinajstić information content (AvgIpc) is 3.11. The molecule has 1 unspecified atom stereocenters. The predicted octanol–water partition coefficient (Wildman–Crippen LogP) is 4.45. The molecule has 7 heteroatoms. The molecule has 1 atom stereocenters. The maximum atomic E-state index is 13.6. The summed E-state index contributed by atoms with van der Waals surface area (Å²) in [5.41, 5.74) is 1.72. The maximum Gasteiger partial charge on any atom is 0.263 e. The number of benzene rings is 2. The van der Waals surface area contributed by atoms with Crippen LogP contribution in [0, 0.1) is 5.82 Å². The number of amides is 1. The third kappa shape index (κ3) is 4.31. The van der Waals surface area contributed by atoms with E-state index in [9.17, 15) is 23.1 Å². The zero-order valence-electron chi connectivity index (χ0n) is 16.6. The van der Waals surface area contributed by atoms with E-state index in [1.165, 1.54) is 24.3 Å². The van der Waals surface area contributed by atoms with Gasteiger partial charge in [0.2, 0.25) is 5.91 Å². The number of aromatic hydroxyl groups is 1. The van der Waals surface area contributed by atoms with E-state index in [0.29, 0.717) is 13.1 Å². The van der Waals surface area contributed by atoms with Gasteiger partial charge in [0, 0.05) is 18.7 Å². The van der Waals surface area contributed by atoms with Crippen LogP contribution in [0.25, 0.3) is 0 Å². The van der Waals surface area contributed by atoms with E-state index in [1.807, 2.05) is 0 Å². The van der Waals surface area contributed by atoms with E-state index >= 15 is 0 Å². The molecule has 0 radical (unpaired) electrons. The van der Waals surface area contributed by atoms with E-state index in [2.05, 4.69) is 4.90 Å². The molecule has 2 heterocycles. The molecule has 160 valence electrons. The number of likely N-dealkylation sites (tertiary alicyclic amines) is 2. The summed E-state index contributed by atoms with van der Waals surface area (Å²) in [4.78, 5) is 16.9. The van der Waals surface area contributed by atoms with Crippen LogP contribution in [0.15, 0.2) is 42.5 Å². The molecular weight excluding hydrogens is 393 g/mol. The summed E-state index contributed by atoms with van der Waals surface area (Å²) >= 11 is 0. The first-order chi connectivity index (χ1) is 14.4. The minimum atomic E-state index is -2.49. The summed E-state index contributed by atoms with van der Waals surface area (Å²) < 4.78 is 39.0. The second-order valence-corrected chi connectivity index (χ2v) is 8.13. The van der Waals surface area contributed by atoms with E-state index in [0.717, 1.165) is 43.5 Å². The zero-order chi connectivity index (χ0) is 21.3. The maximum absolute atomic E-state index is 13.6. The lowest BCUT2D eigenvalue weighted by Gasteiger charge is -2.35. The lowest BCUT2D eigenvalue weighted by Crippen LogP contribution is -2.45. The zero-order valence-corrected chi connectivity index (χ0v) is 16.6. The summed E-state index contributed by atoms with van der Waals surface area (Å²) in [5, 5.41) is 9.37. The first-order valence-electron chi connectivity index (χ1n) is 10.3. The van der Waals surface area contributed by atoms with Crippen molar-refractivity contribution in [1.82, 2.24) is 9.80 Å². The average molecular weight is 418 g/mol. The van der Waals surface area contributed by atoms with Crippen molar-refractivity contribution in [3.05, 3.63) is 65.0 Å². The van der Waals surface area contributed by atoms with Gasteiger partial charge in [0.25, 0.3) is 6.43 Å². The number of nitrogens with zero attached hydrogens (tertiary/aromatic N) is 2. The van der Waals surface area contributed by atoms with Crippen molar-refractivity contribution >= 4 is 5.91 Å². The third-order valence-corrected chi connectivity index (χ3v) is 6.29. The minimum Gasteiger partial charge on any atom is -0.505 e.